The summed E-state index contributed by atoms with van der Waals surface area (Å²) in [5.41, 5.74) is 1.10. The molecule has 0 unspecified atom stereocenters. The molecule has 0 heterocycles. The molecule has 4 heteroatoms. The van der Waals surface area contributed by atoms with Crippen LogP contribution < -0.4 is 0 Å². The second-order valence-corrected chi connectivity index (χ2v) is 6.70. The molecular weight excluding hydrogens is 272 g/mol. The van der Waals surface area contributed by atoms with Crippen molar-refractivity contribution in [2.24, 2.45) is 0 Å². The van der Waals surface area contributed by atoms with Gasteiger partial charge in [0.2, 0.25) is 0 Å². The van der Waals surface area contributed by atoms with Gasteiger partial charge in [-0.25, -0.2) is 8.42 Å². The van der Waals surface area contributed by atoms with Crippen molar-refractivity contribution in [3.8, 4) is 0 Å². The Morgan fingerprint density at radius 1 is 0.850 bits per heavy atom. The van der Waals surface area contributed by atoms with Gasteiger partial charge in [-0.3, -0.25) is 0 Å². The number of rotatable bonds is 10. The van der Waals surface area contributed by atoms with Crippen molar-refractivity contribution in [2.45, 2.75) is 69.6 Å². The molecule has 1 aromatic carbocycles. The van der Waals surface area contributed by atoms with E-state index >= 15 is 0 Å². The zero-order valence-electron chi connectivity index (χ0n) is 12.3. The van der Waals surface area contributed by atoms with Crippen LogP contribution in [-0.4, -0.2) is 13.0 Å². The maximum atomic E-state index is 10.8. The largest absolute Gasteiger partial charge is 0.744 e. The fourth-order valence-corrected chi connectivity index (χ4v) is 2.76. The average Bonchev–Trinajstić information content (AvgIpc) is 2.41. The van der Waals surface area contributed by atoms with E-state index in [9.17, 15) is 13.0 Å². The summed E-state index contributed by atoms with van der Waals surface area (Å²) < 4.78 is 32.4. The maximum absolute atomic E-state index is 10.8. The molecular formula is C16H25O3S-. The molecule has 0 aliphatic rings. The molecule has 0 aliphatic carbocycles. The third-order valence-corrected chi connectivity index (χ3v) is 4.38. The molecule has 0 amide bonds. The van der Waals surface area contributed by atoms with Crippen LogP contribution in [0.1, 0.15) is 63.9 Å². The van der Waals surface area contributed by atoms with Crippen molar-refractivity contribution < 1.29 is 13.0 Å². The van der Waals surface area contributed by atoms with Gasteiger partial charge >= 0.3 is 0 Å². The van der Waals surface area contributed by atoms with Crippen LogP contribution in [0.25, 0.3) is 0 Å². The summed E-state index contributed by atoms with van der Waals surface area (Å²) in [7, 11) is -4.31. The Bertz CT molecular complexity index is 463. The van der Waals surface area contributed by atoms with Crippen molar-refractivity contribution in [2.75, 3.05) is 0 Å². The van der Waals surface area contributed by atoms with Gasteiger partial charge in [0, 0.05) is 0 Å². The molecule has 0 atom stereocenters. The summed E-state index contributed by atoms with van der Waals surface area (Å²) in [5, 5.41) is 0. The standard InChI is InChI=1S/C16H26O3S/c1-2-3-4-5-6-7-8-9-10-15-11-13-16(14-12-15)20(17,18)19/h11-14H,2-10H2,1H3,(H,17,18,19)/p-1. The van der Waals surface area contributed by atoms with E-state index in [4.69, 9.17) is 0 Å². The monoisotopic (exact) mass is 297 g/mol. The highest BCUT2D eigenvalue weighted by atomic mass is 32.2. The van der Waals surface area contributed by atoms with Gasteiger partial charge in [-0.05, 0) is 30.5 Å². The summed E-state index contributed by atoms with van der Waals surface area (Å²) in [6.45, 7) is 2.23. The lowest BCUT2D eigenvalue weighted by atomic mass is 10.0. The first-order valence-electron chi connectivity index (χ1n) is 7.59. The van der Waals surface area contributed by atoms with Crippen LogP contribution in [0.4, 0.5) is 0 Å². The highest BCUT2D eigenvalue weighted by Gasteiger charge is 2.00. The van der Waals surface area contributed by atoms with E-state index in [2.05, 4.69) is 6.92 Å². The van der Waals surface area contributed by atoms with Crippen molar-refractivity contribution in [3.05, 3.63) is 29.8 Å². The lowest BCUT2D eigenvalue weighted by Crippen LogP contribution is -1.98. The van der Waals surface area contributed by atoms with Crippen LogP contribution >= 0.6 is 0 Å². The van der Waals surface area contributed by atoms with E-state index in [1.165, 1.54) is 57.1 Å². The molecule has 114 valence electrons. The molecule has 0 bridgehead atoms. The second-order valence-electron chi connectivity index (χ2n) is 5.32. The average molecular weight is 297 g/mol. The Balaban J connectivity index is 2.16. The van der Waals surface area contributed by atoms with Gasteiger partial charge in [-0.2, -0.15) is 0 Å². The minimum Gasteiger partial charge on any atom is -0.744 e. The first-order chi connectivity index (χ1) is 9.54. The van der Waals surface area contributed by atoms with Gasteiger partial charge in [0.15, 0.2) is 0 Å². The zero-order chi connectivity index (χ0) is 14.8. The predicted octanol–water partition coefficient (Wildman–Crippen LogP) is 4.27. The van der Waals surface area contributed by atoms with Crippen LogP contribution in [0, 0.1) is 0 Å². The molecule has 0 fully saturated rings. The molecule has 0 radical (unpaired) electrons. The maximum Gasteiger partial charge on any atom is 0.124 e. The van der Waals surface area contributed by atoms with Gasteiger partial charge < -0.3 is 4.55 Å². The highest BCUT2D eigenvalue weighted by Crippen LogP contribution is 2.14. The van der Waals surface area contributed by atoms with Gasteiger partial charge in [0.05, 0.1) is 4.90 Å². The van der Waals surface area contributed by atoms with Crippen molar-refractivity contribution >= 4 is 10.1 Å². The normalized spacial score (nSPS) is 11.7. The Kier molecular flexibility index (Phi) is 7.85. The third-order valence-electron chi connectivity index (χ3n) is 3.53. The van der Waals surface area contributed by atoms with Crippen LogP contribution in [0.3, 0.4) is 0 Å². The smallest absolute Gasteiger partial charge is 0.124 e. The van der Waals surface area contributed by atoms with Crippen molar-refractivity contribution in [1.29, 1.82) is 0 Å². The number of hydrogen-bond donors (Lipinski definition) is 0. The Labute approximate surface area is 123 Å². The van der Waals surface area contributed by atoms with E-state index in [1.807, 2.05) is 0 Å². The van der Waals surface area contributed by atoms with Gasteiger partial charge in [0.25, 0.3) is 0 Å². The summed E-state index contributed by atoms with van der Waals surface area (Å²) in [6, 6.07) is 6.29. The minimum absolute atomic E-state index is 0.142. The molecule has 3 nitrogen and oxygen atoms in total. The molecule has 1 rings (SSSR count). The first kappa shape index (κ1) is 17.2. The lowest BCUT2D eigenvalue weighted by Gasteiger charge is -2.08. The minimum atomic E-state index is -4.31. The van der Waals surface area contributed by atoms with Crippen molar-refractivity contribution in [3.63, 3.8) is 0 Å². The van der Waals surface area contributed by atoms with Crippen LogP contribution in [0.5, 0.6) is 0 Å². The zero-order valence-corrected chi connectivity index (χ0v) is 13.1. The number of aryl methyl sites for hydroxylation is 1. The molecule has 0 aliphatic heterocycles. The fraction of sp³-hybridized carbons (Fsp3) is 0.625. The summed E-state index contributed by atoms with van der Waals surface area (Å²) in [4.78, 5) is -0.142. The fourth-order valence-electron chi connectivity index (χ4n) is 2.29. The second kappa shape index (κ2) is 9.14. The topological polar surface area (TPSA) is 57.2 Å². The summed E-state index contributed by atoms with van der Waals surface area (Å²) in [6.07, 6.45) is 11.2. The molecule has 0 saturated carbocycles. The van der Waals surface area contributed by atoms with Crippen LogP contribution in [0.2, 0.25) is 0 Å². The SMILES string of the molecule is CCCCCCCCCCc1ccc(S(=O)(=O)[O-])cc1. The lowest BCUT2D eigenvalue weighted by molar-refractivity contribution is 0.463. The number of unbranched alkanes of at least 4 members (excludes halogenated alkanes) is 7. The van der Waals surface area contributed by atoms with Crippen molar-refractivity contribution in [1.82, 2.24) is 0 Å². The summed E-state index contributed by atoms with van der Waals surface area (Å²) >= 11 is 0. The van der Waals surface area contributed by atoms with Gasteiger partial charge in [-0.1, -0.05) is 64.0 Å². The van der Waals surface area contributed by atoms with E-state index in [0.29, 0.717) is 0 Å². The quantitative estimate of drug-likeness (QED) is 0.478. The number of hydrogen-bond acceptors (Lipinski definition) is 3. The molecule has 0 aromatic heterocycles. The predicted molar refractivity (Wildman–Crippen MR) is 80.7 cm³/mol. The Hall–Kier alpha value is -0.870. The number of benzene rings is 1. The molecule has 1 aromatic rings. The Morgan fingerprint density at radius 3 is 1.85 bits per heavy atom. The first-order valence-corrected chi connectivity index (χ1v) is 8.99. The van der Waals surface area contributed by atoms with E-state index in [0.717, 1.165) is 18.4 Å². The molecule has 20 heavy (non-hydrogen) atoms. The Morgan fingerprint density at radius 2 is 1.35 bits per heavy atom. The van der Waals surface area contributed by atoms with Crippen LogP contribution in [0.15, 0.2) is 29.2 Å². The molecule has 0 spiro atoms. The molecule has 0 saturated heterocycles. The molecule has 0 N–H and O–H groups in total. The summed E-state index contributed by atoms with van der Waals surface area (Å²) in [5.74, 6) is 0. The van der Waals surface area contributed by atoms with E-state index < -0.39 is 10.1 Å². The van der Waals surface area contributed by atoms with E-state index in [1.54, 1.807) is 12.1 Å². The van der Waals surface area contributed by atoms with E-state index in [-0.39, 0.29) is 4.90 Å². The van der Waals surface area contributed by atoms with Gasteiger partial charge in [0.1, 0.15) is 10.1 Å². The highest BCUT2D eigenvalue weighted by molar-refractivity contribution is 7.85. The third kappa shape index (κ3) is 7.06. The van der Waals surface area contributed by atoms with Crippen LogP contribution in [-0.2, 0) is 16.5 Å². The van der Waals surface area contributed by atoms with Gasteiger partial charge in [-0.15, -0.1) is 0 Å².